The Balaban J connectivity index is 1.16. The molecule has 2 fully saturated rings. The van der Waals surface area contributed by atoms with Crippen LogP contribution in [0.5, 0.6) is 5.75 Å². The molecule has 1 saturated heterocycles. The summed E-state index contributed by atoms with van der Waals surface area (Å²) in [6.45, 7) is 5.43. The molecule has 3 heterocycles. The first kappa shape index (κ1) is 19.5. The average Bonchev–Trinajstić information content (AvgIpc) is 3.15. The number of piperidine rings is 1. The SMILES string of the molecule is OCCN1CCc2nc(-c3ccc(OC4CC(N5CCCCC5)C4)cc3)sc2C1. The topological polar surface area (TPSA) is 48.8 Å². The van der Waals surface area contributed by atoms with Gasteiger partial charge in [0.1, 0.15) is 16.9 Å². The van der Waals surface area contributed by atoms with E-state index < -0.39 is 0 Å². The Bertz CT molecular complexity index is 810. The molecule has 0 atom stereocenters. The molecule has 3 aliphatic rings. The first-order chi connectivity index (χ1) is 14.3. The molecule has 1 aromatic heterocycles. The maximum Gasteiger partial charge on any atom is 0.123 e. The first-order valence-corrected chi connectivity index (χ1v) is 11.9. The fraction of sp³-hybridized carbons (Fsp3) is 0.609. The molecule has 1 N–H and O–H groups in total. The second kappa shape index (κ2) is 8.72. The predicted molar refractivity (Wildman–Crippen MR) is 116 cm³/mol. The summed E-state index contributed by atoms with van der Waals surface area (Å²) in [7, 11) is 0. The zero-order chi connectivity index (χ0) is 19.6. The van der Waals surface area contributed by atoms with E-state index in [1.807, 2.05) is 0 Å². The largest absolute Gasteiger partial charge is 0.490 e. The van der Waals surface area contributed by atoms with E-state index in [-0.39, 0.29) is 6.61 Å². The number of likely N-dealkylation sites (tertiary alicyclic amines) is 1. The van der Waals surface area contributed by atoms with Gasteiger partial charge in [0.05, 0.1) is 12.3 Å². The monoisotopic (exact) mass is 413 g/mol. The lowest BCUT2D eigenvalue weighted by Gasteiger charge is -2.44. The molecule has 6 heteroatoms. The van der Waals surface area contributed by atoms with Crippen molar-refractivity contribution in [2.24, 2.45) is 0 Å². The van der Waals surface area contributed by atoms with Gasteiger partial charge < -0.3 is 14.7 Å². The summed E-state index contributed by atoms with van der Waals surface area (Å²) in [5.41, 5.74) is 2.41. The van der Waals surface area contributed by atoms with Crippen molar-refractivity contribution in [1.82, 2.24) is 14.8 Å². The molecule has 5 rings (SSSR count). The number of fused-ring (bicyclic) bond motifs is 1. The molecular weight excluding hydrogens is 382 g/mol. The molecular formula is C23H31N3O2S. The number of nitrogens with zero attached hydrogens (tertiary/aromatic N) is 3. The van der Waals surface area contributed by atoms with Crippen molar-refractivity contribution in [3.8, 4) is 16.3 Å². The van der Waals surface area contributed by atoms with Crippen LogP contribution >= 0.6 is 11.3 Å². The van der Waals surface area contributed by atoms with Crippen LogP contribution in [0.1, 0.15) is 42.7 Å². The van der Waals surface area contributed by atoms with Crippen molar-refractivity contribution in [2.45, 2.75) is 57.2 Å². The van der Waals surface area contributed by atoms with Crippen LogP contribution in [0.4, 0.5) is 0 Å². The van der Waals surface area contributed by atoms with E-state index in [9.17, 15) is 5.11 Å². The highest BCUT2D eigenvalue weighted by atomic mass is 32.1. The van der Waals surface area contributed by atoms with Gasteiger partial charge >= 0.3 is 0 Å². The van der Waals surface area contributed by atoms with Crippen LogP contribution < -0.4 is 4.74 Å². The predicted octanol–water partition coefficient (Wildman–Crippen LogP) is 3.56. The Morgan fingerprint density at radius 2 is 1.86 bits per heavy atom. The van der Waals surface area contributed by atoms with E-state index in [4.69, 9.17) is 9.72 Å². The Kier molecular flexibility index (Phi) is 5.86. The van der Waals surface area contributed by atoms with Crippen LogP contribution in [0, 0.1) is 0 Å². The minimum atomic E-state index is 0.224. The normalized spacial score (nSPS) is 25.4. The van der Waals surface area contributed by atoms with Crippen molar-refractivity contribution in [3.05, 3.63) is 34.8 Å². The summed E-state index contributed by atoms with van der Waals surface area (Å²) in [5.74, 6) is 0.978. The van der Waals surface area contributed by atoms with E-state index in [0.717, 1.165) is 42.9 Å². The van der Waals surface area contributed by atoms with E-state index in [2.05, 4.69) is 34.1 Å². The zero-order valence-electron chi connectivity index (χ0n) is 17.1. The van der Waals surface area contributed by atoms with E-state index in [1.165, 1.54) is 61.3 Å². The van der Waals surface area contributed by atoms with Gasteiger partial charge in [0, 0.05) is 55.4 Å². The minimum absolute atomic E-state index is 0.224. The highest BCUT2D eigenvalue weighted by molar-refractivity contribution is 7.15. The summed E-state index contributed by atoms with van der Waals surface area (Å²) in [6, 6.07) is 9.23. The fourth-order valence-corrected chi connectivity index (χ4v) is 5.94. The third kappa shape index (κ3) is 4.36. The number of aromatic nitrogens is 1. The maximum absolute atomic E-state index is 9.17. The summed E-state index contributed by atoms with van der Waals surface area (Å²) < 4.78 is 6.21. The van der Waals surface area contributed by atoms with Crippen LogP contribution in [0.25, 0.3) is 10.6 Å². The molecule has 0 unspecified atom stereocenters. The lowest BCUT2D eigenvalue weighted by Crippen LogP contribution is -2.50. The van der Waals surface area contributed by atoms with Crippen molar-refractivity contribution >= 4 is 11.3 Å². The molecule has 1 saturated carbocycles. The average molecular weight is 414 g/mol. The quantitative estimate of drug-likeness (QED) is 0.785. The van der Waals surface area contributed by atoms with Gasteiger partial charge in [0.2, 0.25) is 0 Å². The number of hydrogen-bond donors (Lipinski definition) is 1. The molecule has 29 heavy (non-hydrogen) atoms. The zero-order valence-corrected chi connectivity index (χ0v) is 17.9. The van der Waals surface area contributed by atoms with Crippen molar-refractivity contribution in [1.29, 1.82) is 0 Å². The Morgan fingerprint density at radius 3 is 2.62 bits per heavy atom. The summed E-state index contributed by atoms with van der Waals surface area (Å²) in [6.07, 6.45) is 7.83. The number of benzene rings is 1. The van der Waals surface area contributed by atoms with Crippen molar-refractivity contribution in [3.63, 3.8) is 0 Å². The number of aliphatic hydroxyl groups excluding tert-OH is 1. The van der Waals surface area contributed by atoms with Crippen LogP contribution in [-0.2, 0) is 13.0 Å². The van der Waals surface area contributed by atoms with E-state index >= 15 is 0 Å². The second-order valence-corrected chi connectivity index (χ2v) is 9.71. The molecule has 0 amide bonds. The minimum Gasteiger partial charge on any atom is -0.490 e. The lowest BCUT2D eigenvalue weighted by atomic mass is 9.86. The van der Waals surface area contributed by atoms with Gasteiger partial charge in [-0.15, -0.1) is 11.3 Å². The molecule has 1 aliphatic carbocycles. The second-order valence-electron chi connectivity index (χ2n) is 8.62. The number of rotatable bonds is 6. The van der Waals surface area contributed by atoms with E-state index in [1.54, 1.807) is 11.3 Å². The third-order valence-corrected chi connectivity index (χ3v) is 7.74. The van der Waals surface area contributed by atoms with E-state index in [0.29, 0.717) is 6.10 Å². The van der Waals surface area contributed by atoms with Crippen LogP contribution in [0.15, 0.2) is 24.3 Å². The standard InChI is InChI=1S/C23H31N3O2S/c27-13-12-25-11-8-21-22(16-25)29-23(24-21)17-4-6-19(7-5-17)28-20-14-18(15-20)26-9-2-1-3-10-26/h4-7,18,20,27H,1-3,8-16H2. The summed E-state index contributed by atoms with van der Waals surface area (Å²) in [5, 5.41) is 10.3. The highest BCUT2D eigenvalue weighted by Crippen LogP contribution is 2.34. The molecule has 0 bridgehead atoms. The summed E-state index contributed by atoms with van der Waals surface area (Å²) in [4.78, 5) is 11.2. The third-order valence-electron chi connectivity index (χ3n) is 6.61. The number of ether oxygens (including phenoxy) is 1. The van der Waals surface area contributed by atoms with Gasteiger partial charge in [-0.3, -0.25) is 4.90 Å². The van der Waals surface area contributed by atoms with Crippen molar-refractivity contribution < 1.29 is 9.84 Å². The van der Waals surface area contributed by atoms with Gasteiger partial charge in [-0.2, -0.15) is 0 Å². The van der Waals surface area contributed by atoms with Gasteiger partial charge in [-0.1, -0.05) is 6.42 Å². The molecule has 156 valence electrons. The smallest absolute Gasteiger partial charge is 0.123 e. The van der Waals surface area contributed by atoms with Crippen LogP contribution in [0.2, 0.25) is 0 Å². The van der Waals surface area contributed by atoms with Gasteiger partial charge in [-0.25, -0.2) is 4.98 Å². The Hall–Kier alpha value is -1.47. The number of thiazole rings is 1. The van der Waals surface area contributed by atoms with Gasteiger partial charge in [0.15, 0.2) is 0 Å². The molecule has 5 nitrogen and oxygen atoms in total. The lowest BCUT2D eigenvalue weighted by molar-refractivity contribution is 0.00893. The number of hydrogen-bond acceptors (Lipinski definition) is 6. The molecule has 2 aliphatic heterocycles. The van der Waals surface area contributed by atoms with Gasteiger partial charge in [0.25, 0.3) is 0 Å². The highest BCUT2D eigenvalue weighted by Gasteiger charge is 2.35. The van der Waals surface area contributed by atoms with Crippen molar-refractivity contribution in [2.75, 3.05) is 32.8 Å². The Morgan fingerprint density at radius 1 is 1.07 bits per heavy atom. The Labute approximate surface area is 177 Å². The number of β-amino-alcohol motifs (C(OH)–C–C–N with tert-alkyl or cyclic N) is 1. The fourth-order valence-electron chi connectivity index (χ4n) is 4.79. The molecule has 0 radical (unpaired) electrons. The van der Waals surface area contributed by atoms with Crippen LogP contribution in [0.3, 0.4) is 0 Å². The molecule has 0 spiro atoms. The van der Waals surface area contributed by atoms with Crippen LogP contribution in [-0.4, -0.2) is 64.8 Å². The molecule has 1 aromatic carbocycles. The maximum atomic E-state index is 9.17. The van der Waals surface area contributed by atoms with Gasteiger partial charge in [-0.05, 0) is 50.2 Å². The first-order valence-electron chi connectivity index (χ1n) is 11.1. The molecule has 2 aromatic rings. The number of aliphatic hydroxyl groups is 1. The summed E-state index contributed by atoms with van der Waals surface area (Å²) >= 11 is 1.79.